The number of nitrogen functional groups attached to an aromatic ring is 1. The first-order chi connectivity index (χ1) is 8.54. The van der Waals surface area contributed by atoms with E-state index in [1.165, 1.54) is 6.33 Å². The highest BCUT2D eigenvalue weighted by Gasteiger charge is 2.11. The number of aliphatic hydroxyl groups excluding tert-OH is 1. The molecule has 0 aliphatic carbocycles. The lowest BCUT2D eigenvalue weighted by Gasteiger charge is -2.15. The Labute approximate surface area is 108 Å². The molecule has 0 spiro atoms. The van der Waals surface area contributed by atoms with Crippen molar-refractivity contribution in [3.8, 4) is 5.88 Å². The van der Waals surface area contributed by atoms with E-state index in [2.05, 4.69) is 29.1 Å². The minimum atomic E-state index is -0.421. The molecule has 0 aliphatic heterocycles. The van der Waals surface area contributed by atoms with E-state index in [0.29, 0.717) is 36.5 Å². The van der Waals surface area contributed by atoms with Gasteiger partial charge in [-0.15, -0.1) is 0 Å². The van der Waals surface area contributed by atoms with Gasteiger partial charge in [-0.3, -0.25) is 0 Å². The van der Waals surface area contributed by atoms with Crippen molar-refractivity contribution in [3.63, 3.8) is 0 Å². The Morgan fingerprint density at radius 3 is 2.78 bits per heavy atom. The highest BCUT2D eigenvalue weighted by molar-refractivity contribution is 5.66. The molecule has 0 aliphatic rings. The maximum atomic E-state index is 9.77. The number of nitrogens with one attached hydrogen (secondary N) is 1. The SMILES string of the molecule is CCOc1ncnc(NCC(O)CC(C)C)c1N. The van der Waals surface area contributed by atoms with Crippen LogP contribution in [0.5, 0.6) is 5.88 Å². The van der Waals surface area contributed by atoms with Crippen molar-refractivity contribution in [2.75, 3.05) is 24.2 Å². The van der Waals surface area contributed by atoms with Crippen molar-refractivity contribution in [3.05, 3.63) is 6.33 Å². The molecular weight excluding hydrogens is 232 g/mol. The Hall–Kier alpha value is -1.56. The molecule has 1 heterocycles. The van der Waals surface area contributed by atoms with Gasteiger partial charge in [0.25, 0.3) is 0 Å². The standard InChI is InChI=1S/C12H22N4O2/c1-4-18-12-10(13)11(15-7-16-12)14-6-9(17)5-8(2)3/h7-9,17H,4-6,13H2,1-3H3,(H,14,15,16). The molecule has 1 rings (SSSR count). The molecule has 0 bridgehead atoms. The van der Waals surface area contributed by atoms with Gasteiger partial charge in [0.15, 0.2) is 5.82 Å². The number of hydrogen-bond donors (Lipinski definition) is 3. The molecule has 1 atom stereocenters. The number of aromatic nitrogens is 2. The van der Waals surface area contributed by atoms with Gasteiger partial charge in [0.2, 0.25) is 5.88 Å². The first-order valence-electron chi connectivity index (χ1n) is 6.19. The Balaban J connectivity index is 2.59. The second-order valence-corrected chi connectivity index (χ2v) is 4.54. The van der Waals surface area contributed by atoms with Crippen LogP contribution in [-0.2, 0) is 0 Å². The van der Waals surface area contributed by atoms with E-state index in [-0.39, 0.29) is 0 Å². The maximum absolute atomic E-state index is 9.77. The summed E-state index contributed by atoms with van der Waals surface area (Å²) in [6.07, 6.45) is 1.70. The summed E-state index contributed by atoms with van der Waals surface area (Å²) in [6.45, 7) is 6.90. The van der Waals surface area contributed by atoms with E-state index in [1.807, 2.05) is 6.92 Å². The summed E-state index contributed by atoms with van der Waals surface area (Å²) in [5.74, 6) is 1.31. The van der Waals surface area contributed by atoms with Gasteiger partial charge in [-0.05, 0) is 19.3 Å². The van der Waals surface area contributed by atoms with E-state index in [9.17, 15) is 5.11 Å². The number of nitrogens with two attached hydrogens (primary N) is 1. The molecule has 6 heteroatoms. The number of nitrogens with zero attached hydrogens (tertiary/aromatic N) is 2. The van der Waals surface area contributed by atoms with Crippen LogP contribution in [0.25, 0.3) is 0 Å². The molecule has 6 nitrogen and oxygen atoms in total. The number of hydrogen-bond acceptors (Lipinski definition) is 6. The van der Waals surface area contributed by atoms with Crippen LogP contribution in [-0.4, -0.2) is 34.3 Å². The van der Waals surface area contributed by atoms with Gasteiger partial charge < -0.3 is 20.9 Å². The lowest BCUT2D eigenvalue weighted by Crippen LogP contribution is -2.22. The van der Waals surface area contributed by atoms with Crippen LogP contribution in [0, 0.1) is 5.92 Å². The molecule has 0 saturated heterocycles. The summed E-state index contributed by atoms with van der Waals surface area (Å²) >= 11 is 0. The predicted molar refractivity (Wildman–Crippen MR) is 71.6 cm³/mol. The number of ether oxygens (including phenoxy) is 1. The summed E-state index contributed by atoms with van der Waals surface area (Å²) in [4.78, 5) is 7.98. The molecule has 1 unspecified atom stereocenters. The van der Waals surface area contributed by atoms with Crippen molar-refractivity contribution in [1.82, 2.24) is 9.97 Å². The van der Waals surface area contributed by atoms with E-state index < -0.39 is 6.10 Å². The summed E-state index contributed by atoms with van der Waals surface area (Å²) in [7, 11) is 0. The topological polar surface area (TPSA) is 93.3 Å². The van der Waals surface area contributed by atoms with E-state index in [0.717, 1.165) is 6.42 Å². The van der Waals surface area contributed by atoms with Crippen molar-refractivity contribution in [2.24, 2.45) is 5.92 Å². The second-order valence-electron chi connectivity index (χ2n) is 4.54. The largest absolute Gasteiger partial charge is 0.476 e. The zero-order chi connectivity index (χ0) is 13.5. The third kappa shape index (κ3) is 4.37. The van der Waals surface area contributed by atoms with Gasteiger partial charge >= 0.3 is 0 Å². The van der Waals surface area contributed by atoms with Crippen molar-refractivity contribution in [1.29, 1.82) is 0 Å². The van der Waals surface area contributed by atoms with Gasteiger partial charge in [-0.1, -0.05) is 13.8 Å². The lowest BCUT2D eigenvalue weighted by molar-refractivity contribution is 0.161. The second kappa shape index (κ2) is 7.00. The molecular formula is C12H22N4O2. The zero-order valence-electron chi connectivity index (χ0n) is 11.2. The number of rotatable bonds is 7. The smallest absolute Gasteiger partial charge is 0.242 e. The molecule has 1 aromatic heterocycles. The molecule has 18 heavy (non-hydrogen) atoms. The minimum absolute atomic E-state index is 0.369. The van der Waals surface area contributed by atoms with Crippen LogP contribution in [0.2, 0.25) is 0 Å². The fourth-order valence-electron chi connectivity index (χ4n) is 1.61. The van der Waals surface area contributed by atoms with Crippen LogP contribution in [0.4, 0.5) is 11.5 Å². The monoisotopic (exact) mass is 254 g/mol. The van der Waals surface area contributed by atoms with Gasteiger partial charge in [-0.25, -0.2) is 4.98 Å². The van der Waals surface area contributed by atoms with Crippen molar-refractivity contribution in [2.45, 2.75) is 33.3 Å². The molecule has 0 fully saturated rings. The molecule has 0 radical (unpaired) electrons. The van der Waals surface area contributed by atoms with Crippen LogP contribution >= 0.6 is 0 Å². The van der Waals surface area contributed by atoms with E-state index in [4.69, 9.17) is 10.5 Å². The first-order valence-corrected chi connectivity index (χ1v) is 6.19. The Kier molecular flexibility index (Phi) is 5.64. The molecule has 102 valence electrons. The first kappa shape index (κ1) is 14.5. The lowest BCUT2D eigenvalue weighted by atomic mass is 10.1. The Morgan fingerprint density at radius 1 is 1.44 bits per heavy atom. The number of anilines is 2. The normalized spacial score (nSPS) is 12.5. The fourth-order valence-corrected chi connectivity index (χ4v) is 1.61. The third-order valence-electron chi connectivity index (χ3n) is 2.38. The van der Waals surface area contributed by atoms with Gasteiger partial charge in [0, 0.05) is 6.54 Å². The highest BCUT2D eigenvalue weighted by Crippen LogP contribution is 2.24. The summed E-state index contributed by atoms with van der Waals surface area (Å²) < 4.78 is 5.27. The van der Waals surface area contributed by atoms with Gasteiger partial charge in [-0.2, -0.15) is 4.98 Å². The molecule has 4 N–H and O–H groups in total. The summed E-state index contributed by atoms with van der Waals surface area (Å²) in [5.41, 5.74) is 6.23. The zero-order valence-corrected chi connectivity index (χ0v) is 11.2. The Morgan fingerprint density at radius 2 is 2.17 bits per heavy atom. The summed E-state index contributed by atoms with van der Waals surface area (Å²) in [6, 6.07) is 0. The van der Waals surface area contributed by atoms with Gasteiger partial charge in [0.05, 0.1) is 12.7 Å². The van der Waals surface area contributed by atoms with Crippen molar-refractivity contribution >= 4 is 11.5 Å². The molecule has 1 aromatic rings. The van der Waals surface area contributed by atoms with E-state index >= 15 is 0 Å². The molecule has 0 aromatic carbocycles. The Bertz CT molecular complexity index is 371. The van der Waals surface area contributed by atoms with Crippen LogP contribution in [0.3, 0.4) is 0 Å². The quantitative estimate of drug-likeness (QED) is 0.678. The number of aliphatic hydroxyl groups is 1. The van der Waals surface area contributed by atoms with Crippen molar-refractivity contribution < 1.29 is 9.84 Å². The van der Waals surface area contributed by atoms with Crippen LogP contribution < -0.4 is 15.8 Å². The average molecular weight is 254 g/mol. The predicted octanol–water partition coefficient (Wildman–Crippen LogP) is 1.28. The van der Waals surface area contributed by atoms with Crippen LogP contribution in [0.15, 0.2) is 6.33 Å². The maximum Gasteiger partial charge on any atom is 0.242 e. The van der Waals surface area contributed by atoms with Crippen LogP contribution in [0.1, 0.15) is 27.2 Å². The molecule has 0 amide bonds. The molecule has 0 saturated carbocycles. The van der Waals surface area contributed by atoms with Gasteiger partial charge in [0.1, 0.15) is 12.0 Å². The average Bonchev–Trinajstić information content (AvgIpc) is 2.29. The van der Waals surface area contributed by atoms with E-state index in [1.54, 1.807) is 0 Å². The highest BCUT2D eigenvalue weighted by atomic mass is 16.5. The minimum Gasteiger partial charge on any atom is -0.476 e. The third-order valence-corrected chi connectivity index (χ3v) is 2.38. The fraction of sp³-hybridized carbons (Fsp3) is 0.667. The summed E-state index contributed by atoms with van der Waals surface area (Å²) in [5, 5.41) is 12.8.